The van der Waals surface area contributed by atoms with Crippen molar-refractivity contribution in [2.75, 3.05) is 26.2 Å². The molecule has 140 valence electrons. The van der Waals surface area contributed by atoms with Gasteiger partial charge in [-0.2, -0.15) is 0 Å². The van der Waals surface area contributed by atoms with Crippen LogP contribution in [0.3, 0.4) is 0 Å². The normalized spacial score (nSPS) is 28.6. The molecule has 3 rings (SSSR count). The van der Waals surface area contributed by atoms with Gasteiger partial charge in [0, 0.05) is 25.6 Å². The molecular formula is C21H33NO3. The number of likely N-dealkylation sites (tertiary alicyclic amines) is 1. The van der Waals surface area contributed by atoms with Crippen LogP contribution in [0.5, 0.6) is 5.75 Å². The number of hydrogen-bond donors (Lipinski definition) is 2. The molecule has 2 N–H and O–H groups in total. The van der Waals surface area contributed by atoms with Crippen LogP contribution in [0.15, 0.2) is 24.3 Å². The van der Waals surface area contributed by atoms with Crippen LogP contribution in [0.4, 0.5) is 0 Å². The number of benzene rings is 1. The van der Waals surface area contributed by atoms with Gasteiger partial charge in [0.05, 0.1) is 5.60 Å². The Labute approximate surface area is 151 Å². The molecule has 1 saturated heterocycles. The third kappa shape index (κ3) is 4.55. The fraction of sp³-hybridized carbons (Fsp3) is 0.714. The molecule has 0 bridgehead atoms. The lowest BCUT2D eigenvalue weighted by atomic mass is 9.71. The number of hydrogen-bond acceptors (Lipinski definition) is 4. The van der Waals surface area contributed by atoms with Crippen molar-refractivity contribution in [3.63, 3.8) is 0 Å². The van der Waals surface area contributed by atoms with E-state index in [2.05, 4.69) is 24.8 Å². The Morgan fingerprint density at radius 3 is 2.84 bits per heavy atom. The van der Waals surface area contributed by atoms with Crippen molar-refractivity contribution in [3.05, 3.63) is 29.8 Å². The van der Waals surface area contributed by atoms with Crippen LogP contribution < -0.4 is 4.74 Å². The van der Waals surface area contributed by atoms with Gasteiger partial charge in [0.2, 0.25) is 0 Å². The van der Waals surface area contributed by atoms with E-state index < -0.39 is 11.7 Å². The summed E-state index contributed by atoms with van der Waals surface area (Å²) in [5.74, 6) is 1.64. The number of aliphatic hydroxyl groups excluding tert-OH is 1. The topological polar surface area (TPSA) is 52.9 Å². The van der Waals surface area contributed by atoms with E-state index in [9.17, 15) is 10.2 Å². The molecule has 4 heteroatoms. The third-order valence-electron chi connectivity index (χ3n) is 5.95. The van der Waals surface area contributed by atoms with Gasteiger partial charge >= 0.3 is 0 Å². The van der Waals surface area contributed by atoms with Gasteiger partial charge in [-0.25, -0.2) is 0 Å². The molecule has 25 heavy (non-hydrogen) atoms. The van der Waals surface area contributed by atoms with Crippen LogP contribution in [0.1, 0.15) is 57.4 Å². The van der Waals surface area contributed by atoms with Crippen LogP contribution in [-0.2, 0) is 0 Å². The summed E-state index contributed by atoms with van der Waals surface area (Å²) in [6.45, 7) is 7.00. The minimum atomic E-state index is -0.505. The van der Waals surface area contributed by atoms with E-state index in [0.717, 1.165) is 44.5 Å². The fourth-order valence-corrected chi connectivity index (χ4v) is 4.43. The smallest absolute Gasteiger partial charge is 0.122 e. The van der Waals surface area contributed by atoms with E-state index in [4.69, 9.17) is 4.74 Å². The standard InChI is InChI=1S/C21H33NO3/c1-16(2)19-8-3-4-9-20(19)25-15-18(23)14-22-12-11-21(24)10-6-5-7-17(21)13-22/h3-4,8-9,16-18,23-24H,5-7,10-15H2,1-2H3. The van der Waals surface area contributed by atoms with E-state index in [0.29, 0.717) is 25.0 Å². The molecule has 3 atom stereocenters. The number of fused-ring (bicyclic) bond motifs is 1. The summed E-state index contributed by atoms with van der Waals surface area (Å²) in [5.41, 5.74) is 0.729. The summed E-state index contributed by atoms with van der Waals surface area (Å²) in [6.07, 6.45) is 4.76. The molecule has 0 radical (unpaired) electrons. The van der Waals surface area contributed by atoms with E-state index >= 15 is 0 Å². The molecule has 1 aromatic carbocycles. The molecule has 1 aliphatic carbocycles. The minimum Gasteiger partial charge on any atom is -0.491 e. The molecule has 1 heterocycles. The summed E-state index contributed by atoms with van der Waals surface area (Å²) in [5, 5.41) is 21.2. The summed E-state index contributed by atoms with van der Waals surface area (Å²) in [6, 6.07) is 8.06. The first-order valence-electron chi connectivity index (χ1n) is 9.82. The maximum absolute atomic E-state index is 10.8. The predicted molar refractivity (Wildman–Crippen MR) is 100.0 cm³/mol. The van der Waals surface area contributed by atoms with Gasteiger partial charge in [-0.1, -0.05) is 44.9 Å². The quantitative estimate of drug-likeness (QED) is 0.830. The predicted octanol–water partition coefficient (Wildman–Crippen LogP) is 3.18. The highest BCUT2D eigenvalue weighted by atomic mass is 16.5. The summed E-state index contributed by atoms with van der Waals surface area (Å²) < 4.78 is 5.90. The van der Waals surface area contributed by atoms with Crippen molar-refractivity contribution in [2.24, 2.45) is 5.92 Å². The van der Waals surface area contributed by atoms with E-state index in [-0.39, 0.29) is 0 Å². The molecule has 4 nitrogen and oxygen atoms in total. The van der Waals surface area contributed by atoms with E-state index in [1.807, 2.05) is 18.2 Å². The average molecular weight is 347 g/mol. The molecule has 1 aliphatic heterocycles. The van der Waals surface area contributed by atoms with Gasteiger partial charge in [0.1, 0.15) is 18.5 Å². The zero-order valence-corrected chi connectivity index (χ0v) is 15.7. The highest BCUT2D eigenvalue weighted by Gasteiger charge is 2.42. The van der Waals surface area contributed by atoms with E-state index in [1.54, 1.807) is 0 Å². The Morgan fingerprint density at radius 2 is 2.04 bits per heavy atom. The van der Waals surface area contributed by atoms with Crippen molar-refractivity contribution < 1.29 is 14.9 Å². The molecular weight excluding hydrogens is 314 g/mol. The maximum Gasteiger partial charge on any atom is 0.122 e. The van der Waals surface area contributed by atoms with Crippen LogP contribution >= 0.6 is 0 Å². The Morgan fingerprint density at radius 1 is 1.24 bits per heavy atom. The lowest BCUT2D eigenvalue weighted by molar-refractivity contribution is -0.101. The third-order valence-corrected chi connectivity index (χ3v) is 5.95. The highest BCUT2D eigenvalue weighted by Crippen LogP contribution is 2.39. The van der Waals surface area contributed by atoms with Gasteiger partial charge in [-0.15, -0.1) is 0 Å². The fourth-order valence-electron chi connectivity index (χ4n) is 4.43. The lowest BCUT2D eigenvalue weighted by Gasteiger charge is -2.47. The van der Waals surface area contributed by atoms with Gasteiger partial charge in [-0.3, -0.25) is 0 Å². The number of aliphatic hydroxyl groups is 2. The SMILES string of the molecule is CC(C)c1ccccc1OCC(O)CN1CCC2(O)CCCCC2C1. The molecule has 0 aromatic heterocycles. The number of β-amino-alcohol motifs (C(OH)–C–C–N with tert-alkyl or cyclic N) is 1. The Bertz CT molecular complexity index is 562. The zero-order valence-electron chi connectivity index (χ0n) is 15.7. The first kappa shape index (κ1) is 18.7. The summed E-state index contributed by atoms with van der Waals surface area (Å²) >= 11 is 0. The summed E-state index contributed by atoms with van der Waals surface area (Å²) in [7, 11) is 0. The molecule has 2 fully saturated rings. The molecule has 1 aromatic rings. The second kappa shape index (κ2) is 8.07. The van der Waals surface area contributed by atoms with Gasteiger partial charge in [0.15, 0.2) is 0 Å². The molecule has 1 saturated carbocycles. The summed E-state index contributed by atoms with van der Waals surface area (Å²) in [4.78, 5) is 2.30. The molecule has 2 aliphatic rings. The number of ether oxygens (including phenoxy) is 1. The van der Waals surface area contributed by atoms with Crippen LogP contribution in [0.2, 0.25) is 0 Å². The van der Waals surface area contributed by atoms with Gasteiger partial charge in [0.25, 0.3) is 0 Å². The van der Waals surface area contributed by atoms with Crippen molar-refractivity contribution in [2.45, 2.75) is 63.6 Å². The maximum atomic E-state index is 10.8. The monoisotopic (exact) mass is 347 g/mol. The second-order valence-electron chi connectivity index (χ2n) is 8.21. The molecule has 0 amide bonds. The molecule has 3 unspecified atom stereocenters. The molecule has 0 spiro atoms. The van der Waals surface area contributed by atoms with Crippen molar-refractivity contribution in [1.82, 2.24) is 4.90 Å². The zero-order chi connectivity index (χ0) is 17.9. The number of nitrogens with zero attached hydrogens (tertiary/aromatic N) is 1. The minimum absolute atomic E-state index is 0.315. The number of piperidine rings is 1. The Kier molecular flexibility index (Phi) is 6.03. The van der Waals surface area contributed by atoms with Gasteiger partial charge in [-0.05, 0) is 36.8 Å². The number of para-hydroxylation sites is 1. The van der Waals surface area contributed by atoms with Crippen molar-refractivity contribution >= 4 is 0 Å². The van der Waals surface area contributed by atoms with Crippen molar-refractivity contribution in [1.29, 1.82) is 0 Å². The van der Waals surface area contributed by atoms with Gasteiger partial charge < -0.3 is 19.8 Å². The second-order valence-corrected chi connectivity index (χ2v) is 8.21. The van der Waals surface area contributed by atoms with Crippen LogP contribution in [0, 0.1) is 5.92 Å². The van der Waals surface area contributed by atoms with E-state index in [1.165, 1.54) is 12.0 Å². The number of rotatable bonds is 6. The van der Waals surface area contributed by atoms with Crippen molar-refractivity contribution in [3.8, 4) is 5.75 Å². The Balaban J connectivity index is 1.49. The highest BCUT2D eigenvalue weighted by molar-refractivity contribution is 5.35. The lowest BCUT2D eigenvalue weighted by Crippen LogP contribution is -2.54. The first-order valence-corrected chi connectivity index (χ1v) is 9.82. The van der Waals surface area contributed by atoms with Crippen LogP contribution in [-0.4, -0.2) is 53.1 Å². The Hall–Kier alpha value is -1.10. The average Bonchev–Trinajstić information content (AvgIpc) is 2.60. The first-order chi connectivity index (χ1) is 12.0. The van der Waals surface area contributed by atoms with Crippen LogP contribution in [0.25, 0.3) is 0 Å². The largest absolute Gasteiger partial charge is 0.491 e.